The smallest absolute Gasteiger partial charge is 0.362 e. The number of hydrogen-bond acceptors (Lipinski definition) is 3. The largest absolute Gasteiger partial charge is 0.417 e. The van der Waals surface area contributed by atoms with Crippen molar-refractivity contribution in [3.63, 3.8) is 0 Å². The number of benzene rings is 1. The average Bonchev–Trinajstić information content (AvgIpc) is 2.45. The van der Waals surface area contributed by atoms with Crippen molar-refractivity contribution in [1.29, 1.82) is 0 Å². The summed E-state index contributed by atoms with van der Waals surface area (Å²) in [6.45, 7) is 0. The third-order valence-electron chi connectivity index (χ3n) is 2.95. The molecule has 0 unspecified atom stereocenters. The van der Waals surface area contributed by atoms with E-state index in [9.17, 15) is 18.0 Å². The summed E-state index contributed by atoms with van der Waals surface area (Å²) in [5.74, 6) is 0.408. The third kappa shape index (κ3) is 3.21. The topological polar surface area (TPSA) is 33.2 Å². The first-order chi connectivity index (χ1) is 9.82. The van der Waals surface area contributed by atoms with Crippen LogP contribution in [0.15, 0.2) is 36.5 Å². The van der Waals surface area contributed by atoms with Gasteiger partial charge in [0.05, 0.1) is 5.56 Å². The fraction of sp³-hybridized carbons (Fsp3) is 0.200. The Labute approximate surface area is 120 Å². The van der Waals surface area contributed by atoms with Crippen LogP contribution in [-0.2, 0) is 6.18 Å². The molecule has 0 fully saturated rings. The maximum Gasteiger partial charge on any atom is 0.417 e. The fourth-order valence-electron chi connectivity index (χ4n) is 1.96. The molecule has 2 rings (SSSR count). The highest BCUT2D eigenvalue weighted by Crippen LogP contribution is 2.35. The Morgan fingerprint density at radius 2 is 1.90 bits per heavy atom. The molecule has 21 heavy (non-hydrogen) atoms. The van der Waals surface area contributed by atoms with Gasteiger partial charge in [0.25, 0.3) is 0 Å². The molecule has 3 nitrogen and oxygen atoms in total. The fourth-order valence-corrected chi connectivity index (χ4v) is 1.96. The average molecular weight is 294 g/mol. The van der Waals surface area contributed by atoms with Gasteiger partial charge in [-0.15, -0.1) is 0 Å². The summed E-state index contributed by atoms with van der Waals surface area (Å²) in [5, 5.41) is 0. The van der Waals surface area contributed by atoms with Gasteiger partial charge in [-0.1, -0.05) is 18.2 Å². The van der Waals surface area contributed by atoms with Crippen LogP contribution in [0.4, 0.5) is 19.0 Å². The molecule has 1 aromatic heterocycles. The van der Waals surface area contributed by atoms with E-state index in [1.807, 2.05) is 0 Å². The molecule has 1 aromatic carbocycles. The Hall–Kier alpha value is -2.37. The maximum atomic E-state index is 12.9. The first-order valence-corrected chi connectivity index (χ1v) is 6.13. The number of hydrogen-bond donors (Lipinski definition) is 0. The van der Waals surface area contributed by atoms with E-state index in [1.165, 1.54) is 6.07 Å². The number of carbonyl (C=O) groups is 1. The van der Waals surface area contributed by atoms with Crippen molar-refractivity contribution >= 4 is 12.1 Å². The van der Waals surface area contributed by atoms with E-state index in [4.69, 9.17) is 0 Å². The monoisotopic (exact) mass is 294 g/mol. The van der Waals surface area contributed by atoms with E-state index in [-0.39, 0.29) is 0 Å². The number of aldehydes is 1. The minimum Gasteiger partial charge on any atom is -0.362 e. The summed E-state index contributed by atoms with van der Waals surface area (Å²) >= 11 is 0. The summed E-state index contributed by atoms with van der Waals surface area (Å²) in [6, 6.07) is 7.45. The number of rotatable bonds is 3. The summed E-state index contributed by atoms with van der Waals surface area (Å²) in [6.07, 6.45) is -3.00. The molecule has 0 N–H and O–H groups in total. The quantitative estimate of drug-likeness (QED) is 0.810. The van der Waals surface area contributed by atoms with Gasteiger partial charge in [0.2, 0.25) is 0 Å². The first-order valence-electron chi connectivity index (χ1n) is 6.13. The molecular formula is C15H13F3N2O. The lowest BCUT2D eigenvalue weighted by molar-refractivity contribution is -0.137. The van der Waals surface area contributed by atoms with Crippen LogP contribution in [-0.4, -0.2) is 25.4 Å². The van der Waals surface area contributed by atoms with Crippen LogP contribution in [0.5, 0.6) is 0 Å². The SMILES string of the molecule is CN(C)c1ncc(C(F)(F)F)cc1-c1cccc(C=O)c1. The van der Waals surface area contributed by atoms with E-state index >= 15 is 0 Å². The van der Waals surface area contributed by atoms with Crippen molar-refractivity contribution in [2.24, 2.45) is 0 Å². The van der Waals surface area contributed by atoms with E-state index < -0.39 is 11.7 Å². The van der Waals surface area contributed by atoms with Crippen LogP contribution in [0, 0.1) is 0 Å². The molecule has 0 atom stereocenters. The van der Waals surface area contributed by atoms with Gasteiger partial charge in [-0.25, -0.2) is 4.98 Å². The highest BCUT2D eigenvalue weighted by atomic mass is 19.4. The van der Waals surface area contributed by atoms with E-state index in [1.54, 1.807) is 37.2 Å². The zero-order chi connectivity index (χ0) is 15.6. The highest BCUT2D eigenvalue weighted by Gasteiger charge is 2.32. The van der Waals surface area contributed by atoms with Gasteiger partial charge in [0.1, 0.15) is 12.1 Å². The molecule has 0 amide bonds. The molecule has 0 saturated carbocycles. The van der Waals surface area contributed by atoms with Crippen molar-refractivity contribution in [2.45, 2.75) is 6.18 Å². The Morgan fingerprint density at radius 3 is 2.48 bits per heavy atom. The zero-order valence-corrected chi connectivity index (χ0v) is 11.5. The maximum absolute atomic E-state index is 12.9. The van der Waals surface area contributed by atoms with E-state index in [2.05, 4.69) is 4.98 Å². The number of aromatic nitrogens is 1. The molecule has 1 heterocycles. The van der Waals surface area contributed by atoms with Gasteiger partial charge in [-0.3, -0.25) is 4.79 Å². The van der Waals surface area contributed by atoms with E-state index in [0.29, 0.717) is 28.8 Å². The minimum absolute atomic E-state index is 0.332. The van der Waals surface area contributed by atoms with Crippen LogP contribution in [0.25, 0.3) is 11.1 Å². The van der Waals surface area contributed by atoms with Crippen molar-refractivity contribution in [1.82, 2.24) is 4.98 Å². The Morgan fingerprint density at radius 1 is 1.19 bits per heavy atom. The van der Waals surface area contributed by atoms with Crippen molar-refractivity contribution in [3.8, 4) is 11.1 Å². The zero-order valence-electron chi connectivity index (χ0n) is 11.5. The predicted molar refractivity (Wildman–Crippen MR) is 74.4 cm³/mol. The molecule has 6 heteroatoms. The van der Waals surface area contributed by atoms with Crippen molar-refractivity contribution < 1.29 is 18.0 Å². The Bertz CT molecular complexity index is 666. The third-order valence-corrected chi connectivity index (χ3v) is 2.95. The molecule has 0 aliphatic heterocycles. The summed E-state index contributed by atoms with van der Waals surface area (Å²) in [5.41, 5.74) is 0.426. The normalized spacial score (nSPS) is 11.3. The Kier molecular flexibility index (Phi) is 3.97. The number of alkyl halides is 3. The number of carbonyl (C=O) groups excluding carboxylic acids is 1. The van der Waals surface area contributed by atoms with Gasteiger partial charge in [0.15, 0.2) is 0 Å². The second-order valence-electron chi connectivity index (χ2n) is 4.73. The Balaban J connectivity index is 2.65. The van der Waals surface area contributed by atoms with E-state index in [0.717, 1.165) is 12.3 Å². The second kappa shape index (κ2) is 5.55. The van der Waals surface area contributed by atoms with Gasteiger partial charge in [-0.2, -0.15) is 13.2 Å². The molecule has 0 radical (unpaired) electrons. The lowest BCUT2D eigenvalue weighted by Crippen LogP contribution is -2.14. The summed E-state index contributed by atoms with van der Waals surface area (Å²) in [4.78, 5) is 16.4. The lowest BCUT2D eigenvalue weighted by atomic mass is 10.0. The molecule has 0 aliphatic rings. The first kappa shape index (κ1) is 15.0. The standard InChI is InChI=1S/C15H13F3N2O/c1-20(2)14-13(7-12(8-19-14)15(16,17)18)11-5-3-4-10(6-11)9-21/h3-9H,1-2H3. The second-order valence-corrected chi connectivity index (χ2v) is 4.73. The highest BCUT2D eigenvalue weighted by molar-refractivity contribution is 5.82. The van der Waals surface area contributed by atoms with Gasteiger partial charge in [0, 0.05) is 31.4 Å². The number of halogens is 3. The van der Waals surface area contributed by atoms with Gasteiger partial charge in [-0.05, 0) is 17.7 Å². The van der Waals surface area contributed by atoms with Crippen LogP contribution < -0.4 is 4.90 Å². The lowest BCUT2D eigenvalue weighted by Gasteiger charge is -2.18. The number of pyridine rings is 1. The molecule has 0 saturated heterocycles. The van der Waals surface area contributed by atoms with Crippen LogP contribution in [0.1, 0.15) is 15.9 Å². The van der Waals surface area contributed by atoms with Crippen LogP contribution in [0.3, 0.4) is 0 Å². The number of anilines is 1. The molecule has 0 bridgehead atoms. The molecule has 110 valence electrons. The molecule has 0 spiro atoms. The molecule has 0 aliphatic carbocycles. The van der Waals surface area contributed by atoms with Gasteiger partial charge >= 0.3 is 6.18 Å². The summed E-state index contributed by atoms with van der Waals surface area (Å²) < 4.78 is 38.6. The summed E-state index contributed by atoms with van der Waals surface area (Å²) in [7, 11) is 3.39. The number of nitrogens with zero attached hydrogens (tertiary/aromatic N) is 2. The molecule has 2 aromatic rings. The van der Waals surface area contributed by atoms with Crippen LogP contribution >= 0.6 is 0 Å². The molecular weight excluding hydrogens is 281 g/mol. The van der Waals surface area contributed by atoms with Crippen molar-refractivity contribution in [2.75, 3.05) is 19.0 Å². The minimum atomic E-state index is -4.46. The van der Waals surface area contributed by atoms with Crippen LogP contribution in [0.2, 0.25) is 0 Å². The van der Waals surface area contributed by atoms with Gasteiger partial charge < -0.3 is 4.90 Å². The van der Waals surface area contributed by atoms with Crippen molar-refractivity contribution in [3.05, 3.63) is 47.7 Å². The predicted octanol–water partition coefficient (Wildman–Crippen LogP) is 3.65.